The Morgan fingerprint density at radius 2 is 2.00 bits per heavy atom. The number of ketones is 1. The van der Waals surface area contributed by atoms with Gasteiger partial charge in [-0.25, -0.2) is 0 Å². The Bertz CT molecular complexity index is 279. The summed E-state index contributed by atoms with van der Waals surface area (Å²) in [6.45, 7) is 1.82. The average molecular weight is 221 g/mol. The van der Waals surface area contributed by atoms with Crippen molar-refractivity contribution in [3.05, 3.63) is 0 Å². The quantitative estimate of drug-likeness (QED) is 0.723. The van der Waals surface area contributed by atoms with E-state index < -0.39 is 0 Å². The van der Waals surface area contributed by atoms with Gasteiger partial charge in [-0.15, -0.1) is 11.8 Å². The Balaban J connectivity index is 2.41. The van der Waals surface area contributed by atoms with Crippen molar-refractivity contribution in [2.45, 2.75) is 63.8 Å². The Morgan fingerprint density at radius 3 is 2.56 bits per heavy atom. The Kier molecular flexibility index (Phi) is 5.55. The summed E-state index contributed by atoms with van der Waals surface area (Å²) in [5.41, 5.74) is 0.0922. The lowest BCUT2D eigenvalue weighted by molar-refractivity contribution is -0.120. The standard InChI is InChI=1S/C14H23NO/c1-3-4-6-9-13(16)12-14(15-2)10-7-5-8-11-14/h15H,5-12H2,1-2H3. The van der Waals surface area contributed by atoms with Crippen molar-refractivity contribution in [1.82, 2.24) is 5.32 Å². The van der Waals surface area contributed by atoms with Crippen molar-refractivity contribution >= 4 is 5.78 Å². The van der Waals surface area contributed by atoms with Crippen molar-refractivity contribution in [3.63, 3.8) is 0 Å². The number of hydrogen-bond donors (Lipinski definition) is 1. The van der Waals surface area contributed by atoms with E-state index in [2.05, 4.69) is 17.2 Å². The van der Waals surface area contributed by atoms with Crippen LogP contribution in [0.4, 0.5) is 0 Å². The van der Waals surface area contributed by atoms with Crippen molar-refractivity contribution in [3.8, 4) is 11.8 Å². The van der Waals surface area contributed by atoms with Crippen LogP contribution in [0, 0.1) is 11.8 Å². The topological polar surface area (TPSA) is 29.1 Å². The molecule has 0 aromatic rings. The van der Waals surface area contributed by atoms with Gasteiger partial charge in [-0.3, -0.25) is 4.79 Å². The van der Waals surface area contributed by atoms with Crippen LogP contribution >= 0.6 is 0 Å². The molecule has 0 heterocycles. The summed E-state index contributed by atoms with van der Waals surface area (Å²) in [5.74, 6) is 6.15. The summed E-state index contributed by atoms with van der Waals surface area (Å²) in [5, 5.41) is 3.38. The molecule has 1 aliphatic rings. The average Bonchev–Trinajstić information content (AvgIpc) is 2.30. The second-order valence-corrected chi connectivity index (χ2v) is 4.73. The molecule has 1 aliphatic carbocycles. The van der Waals surface area contributed by atoms with Crippen LogP contribution in [0.2, 0.25) is 0 Å². The van der Waals surface area contributed by atoms with E-state index in [1.54, 1.807) is 0 Å². The largest absolute Gasteiger partial charge is 0.314 e. The van der Waals surface area contributed by atoms with Gasteiger partial charge in [0.05, 0.1) is 0 Å². The van der Waals surface area contributed by atoms with Crippen LogP contribution in [0.15, 0.2) is 0 Å². The van der Waals surface area contributed by atoms with Gasteiger partial charge in [0.25, 0.3) is 0 Å². The normalized spacial score (nSPS) is 18.6. The molecule has 0 saturated heterocycles. The maximum atomic E-state index is 11.8. The minimum Gasteiger partial charge on any atom is -0.314 e. The van der Waals surface area contributed by atoms with E-state index in [-0.39, 0.29) is 5.54 Å². The molecule has 0 amide bonds. The van der Waals surface area contributed by atoms with E-state index in [4.69, 9.17) is 0 Å². The van der Waals surface area contributed by atoms with E-state index in [1.165, 1.54) is 19.3 Å². The molecule has 0 unspecified atom stereocenters. The van der Waals surface area contributed by atoms with Gasteiger partial charge in [-0.2, -0.15) is 0 Å². The Hall–Kier alpha value is -0.810. The number of rotatable bonds is 5. The molecule has 1 N–H and O–H groups in total. The van der Waals surface area contributed by atoms with Gasteiger partial charge in [-0.05, 0) is 26.8 Å². The highest BCUT2D eigenvalue weighted by Crippen LogP contribution is 2.31. The Labute approximate surface area is 99.2 Å². The third-order valence-corrected chi connectivity index (χ3v) is 3.58. The third kappa shape index (κ3) is 3.98. The summed E-state index contributed by atoms with van der Waals surface area (Å²) in [6, 6.07) is 0. The van der Waals surface area contributed by atoms with E-state index in [9.17, 15) is 4.79 Å². The molecule has 0 aromatic heterocycles. The summed E-state index contributed by atoms with van der Waals surface area (Å²) >= 11 is 0. The molecule has 0 spiro atoms. The van der Waals surface area contributed by atoms with E-state index >= 15 is 0 Å². The number of hydrogen-bond acceptors (Lipinski definition) is 2. The first-order valence-corrected chi connectivity index (χ1v) is 6.33. The van der Waals surface area contributed by atoms with Crippen LogP contribution in [0.25, 0.3) is 0 Å². The molecule has 0 atom stereocenters. The zero-order valence-electron chi connectivity index (χ0n) is 10.6. The summed E-state index contributed by atoms with van der Waals surface area (Å²) in [6.07, 6.45) is 8.14. The SMILES string of the molecule is CC#CCCC(=O)CC1(NC)CCCCC1. The molecule has 90 valence electrons. The maximum Gasteiger partial charge on any atom is 0.135 e. The monoisotopic (exact) mass is 221 g/mol. The van der Waals surface area contributed by atoms with Gasteiger partial charge in [0.15, 0.2) is 0 Å². The molecule has 0 bridgehead atoms. The first-order chi connectivity index (χ1) is 7.72. The summed E-state index contributed by atoms with van der Waals surface area (Å²) in [4.78, 5) is 11.8. The Morgan fingerprint density at radius 1 is 1.31 bits per heavy atom. The van der Waals surface area contributed by atoms with Crippen LogP contribution < -0.4 is 5.32 Å². The number of Topliss-reactive ketones (excluding diaryl/α,β-unsaturated/α-hetero) is 1. The smallest absolute Gasteiger partial charge is 0.135 e. The number of carbonyl (C=O) groups is 1. The number of carbonyl (C=O) groups excluding carboxylic acids is 1. The van der Waals surface area contributed by atoms with E-state index in [0.717, 1.165) is 19.3 Å². The van der Waals surface area contributed by atoms with Crippen molar-refractivity contribution < 1.29 is 4.79 Å². The van der Waals surface area contributed by atoms with Gasteiger partial charge in [-0.1, -0.05) is 19.3 Å². The lowest BCUT2D eigenvalue weighted by atomic mass is 9.78. The fourth-order valence-corrected chi connectivity index (χ4v) is 2.54. The molecule has 16 heavy (non-hydrogen) atoms. The van der Waals surface area contributed by atoms with Crippen LogP contribution in [-0.2, 0) is 4.79 Å². The maximum absolute atomic E-state index is 11.8. The molecule has 0 aromatic carbocycles. The zero-order chi connectivity index (χ0) is 11.9. The molecular formula is C14H23NO. The molecular weight excluding hydrogens is 198 g/mol. The highest BCUT2D eigenvalue weighted by atomic mass is 16.1. The second-order valence-electron chi connectivity index (χ2n) is 4.73. The highest BCUT2D eigenvalue weighted by Gasteiger charge is 2.31. The van der Waals surface area contributed by atoms with Gasteiger partial charge in [0.2, 0.25) is 0 Å². The fourth-order valence-electron chi connectivity index (χ4n) is 2.54. The summed E-state index contributed by atoms with van der Waals surface area (Å²) in [7, 11) is 1.99. The van der Waals surface area contributed by atoms with Crippen LogP contribution in [0.1, 0.15) is 58.3 Å². The second kappa shape index (κ2) is 6.70. The minimum atomic E-state index is 0.0922. The summed E-state index contributed by atoms with van der Waals surface area (Å²) < 4.78 is 0. The molecule has 1 fully saturated rings. The lowest BCUT2D eigenvalue weighted by Crippen LogP contribution is -2.46. The third-order valence-electron chi connectivity index (χ3n) is 3.58. The molecule has 0 radical (unpaired) electrons. The predicted octanol–water partition coefficient (Wildman–Crippen LogP) is 2.67. The van der Waals surface area contributed by atoms with E-state index in [0.29, 0.717) is 18.6 Å². The van der Waals surface area contributed by atoms with Crippen molar-refractivity contribution in [2.24, 2.45) is 0 Å². The van der Waals surface area contributed by atoms with E-state index in [1.807, 2.05) is 14.0 Å². The highest BCUT2D eigenvalue weighted by molar-refractivity contribution is 5.79. The van der Waals surface area contributed by atoms with Gasteiger partial charge < -0.3 is 5.32 Å². The minimum absolute atomic E-state index is 0.0922. The van der Waals surface area contributed by atoms with Gasteiger partial charge in [0.1, 0.15) is 5.78 Å². The predicted molar refractivity (Wildman–Crippen MR) is 67.2 cm³/mol. The van der Waals surface area contributed by atoms with Gasteiger partial charge >= 0.3 is 0 Å². The first kappa shape index (κ1) is 13.3. The number of nitrogens with one attached hydrogen (secondary N) is 1. The van der Waals surface area contributed by atoms with Crippen molar-refractivity contribution in [1.29, 1.82) is 0 Å². The van der Waals surface area contributed by atoms with Gasteiger partial charge in [0, 0.05) is 24.8 Å². The zero-order valence-corrected chi connectivity index (χ0v) is 10.6. The van der Waals surface area contributed by atoms with Crippen LogP contribution in [0.5, 0.6) is 0 Å². The molecule has 1 rings (SSSR count). The first-order valence-electron chi connectivity index (χ1n) is 6.33. The molecule has 1 saturated carbocycles. The lowest BCUT2D eigenvalue weighted by Gasteiger charge is -2.36. The van der Waals surface area contributed by atoms with Crippen LogP contribution in [0.3, 0.4) is 0 Å². The molecule has 2 heteroatoms. The molecule has 0 aliphatic heterocycles. The fraction of sp³-hybridized carbons (Fsp3) is 0.786. The van der Waals surface area contributed by atoms with Crippen LogP contribution in [-0.4, -0.2) is 18.4 Å². The molecule has 2 nitrogen and oxygen atoms in total. The van der Waals surface area contributed by atoms with Crippen molar-refractivity contribution in [2.75, 3.05) is 7.05 Å².